The topological polar surface area (TPSA) is 78.9 Å². The number of halogens is 5. The van der Waals surface area contributed by atoms with Gasteiger partial charge in [-0.1, -0.05) is 23.7 Å². The Morgan fingerprint density at radius 3 is 2.26 bits per heavy atom. The second kappa shape index (κ2) is 12.8. The summed E-state index contributed by atoms with van der Waals surface area (Å²) in [6, 6.07) is 7.82. The molecule has 1 aromatic rings. The fourth-order valence-corrected chi connectivity index (χ4v) is 2.85. The summed E-state index contributed by atoms with van der Waals surface area (Å²) in [5.74, 6) is -3.60. The summed E-state index contributed by atoms with van der Waals surface area (Å²) in [6.45, 7) is 6.96. The summed E-state index contributed by atoms with van der Waals surface area (Å²) in [5, 5.41) is 9.56. The first-order chi connectivity index (χ1) is 14.4. The summed E-state index contributed by atoms with van der Waals surface area (Å²) in [4.78, 5) is 22.5. The van der Waals surface area contributed by atoms with Crippen LogP contribution >= 0.6 is 11.6 Å². The van der Waals surface area contributed by atoms with Crippen molar-refractivity contribution in [3.05, 3.63) is 29.8 Å². The number of amides is 1. The molecule has 1 heterocycles. The molecule has 31 heavy (non-hydrogen) atoms. The van der Waals surface area contributed by atoms with Gasteiger partial charge in [-0.2, -0.15) is 13.2 Å². The lowest BCUT2D eigenvalue weighted by atomic mass is 10.1. The Kier molecular flexibility index (Phi) is 11.2. The second-order valence-electron chi connectivity index (χ2n) is 7.30. The van der Waals surface area contributed by atoms with Crippen LogP contribution in [-0.2, 0) is 20.9 Å². The maximum atomic E-state index is 12.7. The zero-order valence-corrected chi connectivity index (χ0v) is 18.0. The van der Waals surface area contributed by atoms with Gasteiger partial charge in [0.2, 0.25) is 0 Å². The number of carbonyl (C=O) groups excluding carboxylic acids is 1. The molecule has 2 unspecified atom stereocenters. The van der Waals surface area contributed by atoms with Crippen LogP contribution in [0.25, 0.3) is 0 Å². The maximum Gasteiger partial charge on any atom is 0.490 e. The number of carbonyl (C=O) groups is 2. The number of nitrogens with zero attached hydrogens (tertiary/aromatic N) is 1. The summed E-state index contributed by atoms with van der Waals surface area (Å²) < 4.78 is 50.3. The number of hydrogen-bond donors (Lipinski definition) is 2. The Morgan fingerprint density at radius 1 is 1.26 bits per heavy atom. The van der Waals surface area contributed by atoms with Gasteiger partial charge in [-0.15, -0.1) is 0 Å². The van der Waals surface area contributed by atoms with Gasteiger partial charge >= 0.3 is 12.1 Å². The standard InChI is InChI=1S/C18H26ClFN2O2.C2HF3O2/c1-13(2)22(12-16-5-3-4-10-24-16)11-14-6-8-15(9-7-14)21-18(23)17(19)20;3-2(4,5)1(6)7/h6-9,13,16-17H,3-5,10-12H2,1-2H3,(H,21,23);(H,6,7). The summed E-state index contributed by atoms with van der Waals surface area (Å²) >= 11 is 5.11. The van der Waals surface area contributed by atoms with E-state index in [4.69, 9.17) is 26.2 Å². The van der Waals surface area contributed by atoms with Crippen molar-refractivity contribution in [1.82, 2.24) is 4.90 Å². The average molecular weight is 471 g/mol. The molecule has 2 rings (SSSR count). The van der Waals surface area contributed by atoms with Crippen LogP contribution in [0.15, 0.2) is 24.3 Å². The van der Waals surface area contributed by atoms with Gasteiger partial charge < -0.3 is 15.2 Å². The Bertz CT molecular complexity index is 693. The highest BCUT2D eigenvalue weighted by atomic mass is 35.5. The molecule has 0 radical (unpaired) electrons. The third-order valence-electron chi connectivity index (χ3n) is 4.49. The normalized spacial score (nSPS) is 17.6. The van der Waals surface area contributed by atoms with E-state index in [9.17, 15) is 22.4 Å². The van der Waals surface area contributed by atoms with Crippen LogP contribution in [-0.4, -0.2) is 59.0 Å². The molecule has 6 nitrogen and oxygen atoms in total. The lowest BCUT2D eigenvalue weighted by molar-refractivity contribution is -0.192. The van der Waals surface area contributed by atoms with Crippen molar-refractivity contribution >= 4 is 29.2 Å². The van der Waals surface area contributed by atoms with Crippen molar-refractivity contribution in [2.24, 2.45) is 0 Å². The largest absolute Gasteiger partial charge is 0.490 e. The molecule has 176 valence electrons. The monoisotopic (exact) mass is 470 g/mol. The number of benzene rings is 1. The first kappa shape index (κ1) is 27.1. The number of carboxylic acids is 1. The zero-order valence-electron chi connectivity index (χ0n) is 17.3. The summed E-state index contributed by atoms with van der Waals surface area (Å²) in [5.41, 5.74) is -0.351. The summed E-state index contributed by atoms with van der Waals surface area (Å²) in [6.07, 6.45) is -1.25. The number of alkyl halides is 5. The van der Waals surface area contributed by atoms with Gasteiger partial charge in [0, 0.05) is 31.4 Å². The van der Waals surface area contributed by atoms with Crippen LogP contribution in [0.2, 0.25) is 0 Å². The van der Waals surface area contributed by atoms with Gasteiger partial charge in [-0.3, -0.25) is 9.69 Å². The molecule has 1 fully saturated rings. The molecule has 1 aliphatic heterocycles. The van der Waals surface area contributed by atoms with E-state index in [0.29, 0.717) is 17.8 Å². The molecule has 1 saturated heterocycles. The van der Waals surface area contributed by atoms with Gasteiger partial charge in [0.15, 0.2) is 0 Å². The molecule has 2 N–H and O–H groups in total. The molecule has 2 atom stereocenters. The lowest BCUT2D eigenvalue weighted by Crippen LogP contribution is -2.39. The third kappa shape index (κ3) is 10.8. The molecular weight excluding hydrogens is 444 g/mol. The fourth-order valence-electron chi connectivity index (χ4n) is 2.80. The highest BCUT2D eigenvalue weighted by Crippen LogP contribution is 2.18. The van der Waals surface area contributed by atoms with Gasteiger partial charge in [0.25, 0.3) is 11.5 Å². The van der Waals surface area contributed by atoms with E-state index in [1.54, 1.807) is 12.1 Å². The molecule has 1 aromatic carbocycles. The Labute approximate surface area is 183 Å². The number of hydrogen-bond acceptors (Lipinski definition) is 4. The van der Waals surface area contributed by atoms with E-state index in [2.05, 4.69) is 24.1 Å². The summed E-state index contributed by atoms with van der Waals surface area (Å²) in [7, 11) is 0. The first-order valence-corrected chi connectivity index (χ1v) is 10.2. The predicted molar refractivity (Wildman–Crippen MR) is 109 cm³/mol. The number of nitrogens with one attached hydrogen (secondary N) is 1. The van der Waals surface area contributed by atoms with Gasteiger partial charge in [0.05, 0.1) is 6.10 Å². The molecule has 0 aromatic heterocycles. The van der Waals surface area contributed by atoms with Crippen molar-refractivity contribution in [2.75, 3.05) is 18.5 Å². The van der Waals surface area contributed by atoms with Crippen LogP contribution < -0.4 is 5.32 Å². The Balaban J connectivity index is 0.000000592. The maximum absolute atomic E-state index is 12.7. The molecule has 1 aliphatic rings. The predicted octanol–water partition coefficient (Wildman–Crippen LogP) is 4.57. The lowest BCUT2D eigenvalue weighted by Gasteiger charge is -2.32. The molecule has 0 saturated carbocycles. The number of ether oxygens (including phenoxy) is 1. The molecule has 11 heteroatoms. The van der Waals surface area contributed by atoms with Crippen LogP contribution in [0.1, 0.15) is 38.7 Å². The van der Waals surface area contributed by atoms with E-state index in [1.807, 2.05) is 12.1 Å². The van der Waals surface area contributed by atoms with Crippen LogP contribution in [0.3, 0.4) is 0 Å². The van der Waals surface area contributed by atoms with E-state index in [-0.39, 0.29) is 0 Å². The van der Waals surface area contributed by atoms with E-state index in [0.717, 1.165) is 38.1 Å². The molecule has 0 aliphatic carbocycles. The SMILES string of the molecule is CC(C)N(Cc1ccc(NC(=O)C(F)Cl)cc1)CC1CCCCO1.O=C(O)C(F)(F)F. The molecule has 0 spiro atoms. The number of carboxylic acid groups (broad SMARTS) is 1. The van der Waals surface area contributed by atoms with Gasteiger partial charge in [-0.05, 0) is 50.8 Å². The van der Waals surface area contributed by atoms with E-state index < -0.39 is 23.7 Å². The minimum atomic E-state index is -5.08. The second-order valence-corrected chi connectivity index (χ2v) is 7.68. The number of anilines is 1. The van der Waals surface area contributed by atoms with Crippen molar-refractivity contribution in [3.63, 3.8) is 0 Å². The van der Waals surface area contributed by atoms with Gasteiger partial charge in [0.1, 0.15) is 0 Å². The van der Waals surface area contributed by atoms with E-state index >= 15 is 0 Å². The zero-order chi connectivity index (χ0) is 23.6. The minimum Gasteiger partial charge on any atom is -0.475 e. The van der Waals surface area contributed by atoms with Crippen LogP contribution in [0.4, 0.5) is 23.2 Å². The van der Waals surface area contributed by atoms with Crippen molar-refractivity contribution in [1.29, 1.82) is 0 Å². The van der Waals surface area contributed by atoms with Gasteiger partial charge in [-0.25, -0.2) is 9.18 Å². The van der Waals surface area contributed by atoms with Crippen LogP contribution in [0.5, 0.6) is 0 Å². The number of aliphatic carboxylic acids is 1. The Hall–Kier alpha value is -1.91. The fraction of sp³-hybridized carbons (Fsp3) is 0.600. The van der Waals surface area contributed by atoms with Crippen molar-refractivity contribution in [2.45, 2.75) is 63.6 Å². The minimum absolute atomic E-state index is 0.310. The van der Waals surface area contributed by atoms with Crippen molar-refractivity contribution in [3.8, 4) is 0 Å². The van der Waals surface area contributed by atoms with E-state index in [1.165, 1.54) is 6.42 Å². The molecule has 0 bridgehead atoms. The highest BCUT2D eigenvalue weighted by Gasteiger charge is 2.38. The third-order valence-corrected chi connectivity index (χ3v) is 4.69. The smallest absolute Gasteiger partial charge is 0.475 e. The molecular formula is C20H27ClF4N2O4. The Morgan fingerprint density at radius 2 is 1.84 bits per heavy atom. The van der Waals surface area contributed by atoms with Crippen molar-refractivity contribution < 1.29 is 37.0 Å². The molecule has 1 amide bonds. The highest BCUT2D eigenvalue weighted by molar-refractivity contribution is 6.31. The quantitative estimate of drug-likeness (QED) is 0.451. The van der Waals surface area contributed by atoms with Crippen LogP contribution in [0, 0.1) is 0 Å². The first-order valence-electron chi connectivity index (χ1n) is 9.74. The number of rotatable bonds is 7. The average Bonchev–Trinajstić information content (AvgIpc) is 2.69.